The van der Waals surface area contributed by atoms with Crippen molar-refractivity contribution in [1.29, 1.82) is 0 Å². The number of hydrogen-bond donors (Lipinski definition) is 0. The van der Waals surface area contributed by atoms with E-state index in [4.69, 9.17) is 4.11 Å². The van der Waals surface area contributed by atoms with Gasteiger partial charge in [0.15, 0.2) is 18.6 Å². The molecule has 3 heteroatoms. The Morgan fingerprint density at radius 3 is 1.18 bits per heavy atom. The summed E-state index contributed by atoms with van der Waals surface area (Å²) in [6, 6.07) is 25.9. The Labute approximate surface area is 313 Å². The topological polar surface area (TPSA) is 11.6 Å². The minimum atomic E-state index is -2.07. The first kappa shape index (κ1) is 34.6. The number of pyridine rings is 3. The molecule has 0 atom stereocenters. The summed E-state index contributed by atoms with van der Waals surface area (Å²) < 4.78 is 29.1. The Morgan fingerprint density at radius 2 is 0.745 bits per heavy atom. The molecule has 0 aliphatic rings. The van der Waals surface area contributed by atoms with E-state index < -0.39 is 6.85 Å². The monoisotopic (exact) mass is 681 g/mol. The Kier molecular flexibility index (Phi) is 11.1. The van der Waals surface area contributed by atoms with Crippen LogP contribution in [0.3, 0.4) is 0 Å². The maximum atomic E-state index is 7.58. The quantitative estimate of drug-likeness (QED) is 0.165. The molecule has 0 radical (unpaired) electrons. The zero-order valence-electron chi connectivity index (χ0n) is 36.5. The van der Waals surface area contributed by atoms with Gasteiger partial charge >= 0.3 is 0 Å². The van der Waals surface area contributed by atoms with Crippen LogP contribution in [0.4, 0.5) is 0 Å². The van der Waals surface area contributed by atoms with Crippen LogP contribution in [0.25, 0.3) is 33.8 Å². The highest BCUT2D eigenvalue weighted by atomic mass is 14.9. The van der Waals surface area contributed by atoms with Gasteiger partial charge in [-0.25, -0.2) is 13.7 Å². The lowest BCUT2D eigenvalue weighted by Gasteiger charge is -2.09. The van der Waals surface area contributed by atoms with Crippen LogP contribution in [-0.4, -0.2) is 0 Å². The minimum Gasteiger partial charge on any atom is -0.201 e. The molecule has 3 heterocycles. The lowest BCUT2D eigenvalue weighted by Crippen LogP contribution is -2.31. The molecule has 0 fully saturated rings. The number of hydrogen-bond acceptors (Lipinski definition) is 0. The standard InChI is InChI=1S/3C16H20N/c2*1-11-6-7-12(2)15(8-11)16-9-13(3)14(4)10-17(16)5;1-11-7-6-8-12(2)16(11)15-9-13(3)14(4)10-17(15)5/h3*6-10H,1-5H3/q3*+1/i4D3;;. The highest BCUT2D eigenvalue weighted by Crippen LogP contribution is 2.26. The van der Waals surface area contributed by atoms with Crippen molar-refractivity contribution < 1.29 is 17.8 Å². The van der Waals surface area contributed by atoms with E-state index in [2.05, 4.69) is 172 Å². The van der Waals surface area contributed by atoms with Crippen LogP contribution < -0.4 is 13.7 Å². The van der Waals surface area contributed by atoms with Crippen molar-refractivity contribution in [2.45, 2.75) is 83.0 Å². The van der Waals surface area contributed by atoms with Gasteiger partial charge in [-0.3, -0.25) is 0 Å². The fourth-order valence-electron chi connectivity index (χ4n) is 6.54. The zero-order valence-corrected chi connectivity index (χ0v) is 33.5. The smallest absolute Gasteiger partial charge is 0.201 e. The molecule has 0 N–H and O–H groups in total. The molecule has 0 aliphatic heterocycles. The Hall–Kier alpha value is -4.89. The number of benzene rings is 3. The van der Waals surface area contributed by atoms with Crippen LogP contribution in [0.5, 0.6) is 0 Å². The first-order chi connectivity index (χ1) is 25.2. The van der Waals surface area contributed by atoms with Gasteiger partial charge in [0, 0.05) is 50.1 Å². The highest BCUT2D eigenvalue weighted by molar-refractivity contribution is 5.66. The zero-order chi connectivity index (χ0) is 40.2. The van der Waals surface area contributed by atoms with Gasteiger partial charge in [-0.2, -0.15) is 0 Å². The number of nitrogens with zero attached hydrogens (tertiary/aromatic N) is 3. The van der Waals surface area contributed by atoms with E-state index >= 15 is 0 Å². The summed E-state index contributed by atoms with van der Waals surface area (Å²) in [6.45, 7) is 21.2. The number of rotatable bonds is 3. The predicted octanol–water partition coefficient (Wildman–Crippen LogP) is 10.2. The highest BCUT2D eigenvalue weighted by Gasteiger charge is 2.17. The summed E-state index contributed by atoms with van der Waals surface area (Å²) in [5.41, 5.74) is 21.7. The van der Waals surface area contributed by atoms with Gasteiger partial charge in [0.05, 0.1) is 5.56 Å². The third kappa shape index (κ3) is 9.27. The molecule has 3 nitrogen and oxygen atoms in total. The molecule has 0 saturated heterocycles. The van der Waals surface area contributed by atoms with Crippen molar-refractivity contribution >= 4 is 0 Å². The Bertz CT molecular complexity index is 2300. The fourth-order valence-corrected chi connectivity index (χ4v) is 6.54. The van der Waals surface area contributed by atoms with Crippen molar-refractivity contribution in [2.75, 3.05) is 0 Å². The maximum absolute atomic E-state index is 7.58. The summed E-state index contributed by atoms with van der Waals surface area (Å²) in [5.74, 6) is 0. The van der Waals surface area contributed by atoms with E-state index in [1.165, 1.54) is 78.1 Å². The molecule has 3 aromatic carbocycles. The second kappa shape index (κ2) is 16.4. The molecular formula is C48H60N3+3. The van der Waals surface area contributed by atoms with Crippen molar-refractivity contribution in [1.82, 2.24) is 0 Å². The van der Waals surface area contributed by atoms with Crippen LogP contribution >= 0.6 is 0 Å². The van der Waals surface area contributed by atoms with Crippen LogP contribution in [0.2, 0.25) is 0 Å². The van der Waals surface area contributed by atoms with Gasteiger partial charge in [-0.05, 0) is 134 Å². The van der Waals surface area contributed by atoms with Gasteiger partial charge in [-0.15, -0.1) is 0 Å². The SMILES string of the molecule is Cc1cc(-c2c(C)cccc2C)[n+](C)cc1C.Cc1ccc(C)c(-c2cc(C)c(C)c[n+]2C)c1.[2H]C([2H])([2H])c1c[n+](C)c(-c2cc(C)ccc2C)cc1C. The molecule has 0 amide bonds. The van der Waals surface area contributed by atoms with Gasteiger partial charge in [0.2, 0.25) is 17.1 Å². The maximum Gasteiger partial charge on any atom is 0.213 e. The predicted molar refractivity (Wildman–Crippen MR) is 216 cm³/mol. The summed E-state index contributed by atoms with van der Waals surface area (Å²) in [4.78, 5) is 0. The first-order valence-corrected chi connectivity index (χ1v) is 17.9. The van der Waals surface area contributed by atoms with Crippen LogP contribution in [0.15, 0.2) is 91.4 Å². The molecular weight excluding hydrogens is 619 g/mol. The second-order valence-corrected chi connectivity index (χ2v) is 14.5. The molecule has 0 aliphatic carbocycles. The van der Waals surface area contributed by atoms with E-state index in [1.807, 2.05) is 24.6 Å². The lowest BCUT2D eigenvalue weighted by atomic mass is 9.97. The van der Waals surface area contributed by atoms with Crippen molar-refractivity contribution in [3.8, 4) is 33.8 Å². The van der Waals surface area contributed by atoms with Crippen molar-refractivity contribution in [2.24, 2.45) is 21.1 Å². The first-order valence-electron chi connectivity index (χ1n) is 19.4. The molecule has 6 rings (SSSR count). The van der Waals surface area contributed by atoms with E-state index in [-0.39, 0.29) is 0 Å². The largest absolute Gasteiger partial charge is 0.213 e. The molecule has 51 heavy (non-hydrogen) atoms. The summed E-state index contributed by atoms with van der Waals surface area (Å²) >= 11 is 0. The molecule has 3 aromatic heterocycles. The molecule has 0 saturated carbocycles. The van der Waals surface area contributed by atoms with E-state index in [0.29, 0.717) is 5.56 Å². The summed E-state index contributed by atoms with van der Waals surface area (Å²) in [7, 11) is 6.13. The Morgan fingerprint density at radius 1 is 0.373 bits per heavy atom. The number of aryl methyl sites for hydroxylation is 15. The molecule has 0 spiro atoms. The molecule has 0 bridgehead atoms. The average molecular weight is 682 g/mol. The van der Waals surface area contributed by atoms with Crippen molar-refractivity contribution in [3.63, 3.8) is 0 Å². The third-order valence-corrected chi connectivity index (χ3v) is 10.0. The molecule has 264 valence electrons. The van der Waals surface area contributed by atoms with Crippen LogP contribution in [-0.2, 0) is 21.1 Å². The lowest BCUT2D eigenvalue weighted by molar-refractivity contribution is -0.660. The Balaban J connectivity index is 0.000000181. The average Bonchev–Trinajstić information content (AvgIpc) is 3.08. The van der Waals surface area contributed by atoms with E-state index in [1.54, 1.807) is 6.20 Å². The van der Waals surface area contributed by atoms with Gasteiger partial charge in [-0.1, -0.05) is 53.6 Å². The normalized spacial score (nSPS) is 11.8. The third-order valence-electron chi connectivity index (χ3n) is 10.0. The van der Waals surface area contributed by atoms with E-state index in [9.17, 15) is 0 Å². The van der Waals surface area contributed by atoms with Gasteiger partial charge in [0.1, 0.15) is 21.1 Å². The van der Waals surface area contributed by atoms with Crippen LogP contribution in [0, 0.1) is 83.0 Å². The van der Waals surface area contributed by atoms with Crippen LogP contribution in [0.1, 0.15) is 70.9 Å². The fraction of sp³-hybridized carbons (Fsp3) is 0.312. The second-order valence-electron chi connectivity index (χ2n) is 14.5. The van der Waals surface area contributed by atoms with Gasteiger partial charge in [0.25, 0.3) is 0 Å². The minimum absolute atomic E-state index is 0.411. The molecule has 6 aromatic rings. The summed E-state index contributed by atoms with van der Waals surface area (Å²) in [6.07, 6.45) is 6.13. The molecule has 0 unspecified atom stereocenters. The summed E-state index contributed by atoms with van der Waals surface area (Å²) in [5, 5.41) is 0. The van der Waals surface area contributed by atoms with Crippen molar-refractivity contribution in [3.05, 3.63) is 158 Å². The van der Waals surface area contributed by atoms with E-state index in [0.717, 1.165) is 16.8 Å². The number of aromatic nitrogens is 3. The van der Waals surface area contributed by atoms with Gasteiger partial charge < -0.3 is 0 Å².